The third-order valence-corrected chi connectivity index (χ3v) is 4.07. The van der Waals surface area contributed by atoms with Crippen LogP contribution in [0.25, 0.3) is 0 Å². The van der Waals surface area contributed by atoms with Gasteiger partial charge < -0.3 is 14.9 Å². The normalized spacial score (nSPS) is 20.1. The Bertz CT molecular complexity index is 732. The van der Waals surface area contributed by atoms with Crippen LogP contribution in [0.15, 0.2) is 33.6 Å². The first-order chi connectivity index (χ1) is 11.3. The fraction of sp³-hybridized carbons (Fsp3) is 0.375. The van der Waals surface area contributed by atoms with Crippen LogP contribution >= 0.6 is 23.2 Å². The summed E-state index contributed by atoms with van der Waals surface area (Å²) < 4.78 is 5.22. The number of hydrogen-bond acceptors (Lipinski definition) is 4. The quantitative estimate of drug-likeness (QED) is 0.748. The van der Waals surface area contributed by atoms with Gasteiger partial charge in [-0.05, 0) is 43.1 Å². The molecule has 0 aliphatic carbocycles. The van der Waals surface area contributed by atoms with Crippen molar-refractivity contribution in [3.63, 3.8) is 0 Å². The van der Waals surface area contributed by atoms with Crippen LogP contribution in [0.2, 0.25) is 10.0 Å². The lowest BCUT2D eigenvalue weighted by molar-refractivity contribution is -0.134. The average Bonchev–Trinajstić information content (AvgIpc) is 2.92. The standard InChI is InChI=1S/C14H14Cl2N2O2.C2H4O2/c15-10-3-9(4-11(16)6-10)12-5-8(1-2-17-12)13-7-14(19)18-20-13;1-2(3)4/h3-4,6-8,12,17H,1-2,5H2,(H,18,19);1H3,(H,3,4)/t8-,12-;/m1./s1. The number of piperidine rings is 1. The molecule has 130 valence electrons. The summed E-state index contributed by atoms with van der Waals surface area (Å²) in [5, 5.41) is 14.5. The monoisotopic (exact) mass is 372 g/mol. The van der Waals surface area contributed by atoms with E-state index in [0.717, 1.165) is 37.6 Å². The molecule has 1 aliphatic heterocycles. The summed E-state index contributed by atoms with van der Waals surface area (Å²) in [6.45, 7) is 1.94. The number of hydrogen-bond donors (Lipinski definition) is 3. The Hall–Kier alpha value is -1.76. The molecule has 3 N–H and O–H groups in total. The first-order valence-electron chi connectivity index (χ1n) is 7.42. The molecule has 0 amide bonds. The zero-order valence-corrected chi connectivity index (χ0v) is 14.5. The van der Waals surface area contributed by atoms with Crippen LogP contribution in [0, 0.1) is 0 Å². The van der Waals surface area contributed by atoms with Gasteiger partial charge in [-0.2, -0.15) is 5.16 Å². The minimum absolute atomic E-state index is 0.158. The number of carboxylic acids is 1. The Morgan fingerprint density at radius 1 is 1.25 bits per heavy atom. The largest absolute Gasteiger partial charge is 0.481 e. The molecule has 8 heteroatoms. The summed E-state index contributed by atoms with van der Waals surface area (Å²) in [5.74, 6) is 0.104. The number of H-pyrrole nitrogens is 1. The highest BCUT2D eigenvalue weighted by atomic mass is 35.5. The van der Waals surface area contributed by atoms with Gasteiger partial charge in [-0.1, -0.05) is 23.2 Å². The number of benzene rings is 1. The molecule has 1 fully saturated rings. The predicted octanol–water partition coefficient (Wildman–Crippen LogP) is 3.57. The number of halogens is 2. The summed E-state index contributed by atoms with van der Waals surface area (Å²) in [6.07, 6.45) is 1.78. The van der Waals surface area contributed by atoms with Crippen LogP contribution in [-0.2, 0) is 4.79 Å². The number of carboxylic acid groups (broad SMARTS) is 1. The molecule has 0 bridgehead atoms. The minimum Gasteiger partial charge on any atom is -0.481 e. The van der Waals surface area contributed by atoms with Crippen LogP contribution in [-0.4, -0.2) is 22.8 Å². The second kappa shape index (κ2) is 8.37. The Morgan fingerprint density at radius 2 is 1.88 bits per heavy atom. The van der Waals surface area contributed by atoms with Crippen molar-refractivity contribution in [2.24, 2.45) is 0 Å². The van der Waals surface area contributed by atoms with Crippen molar-refractivity contribution in [2.45, 2.75) is 31.7 Å². The fourth-order valence-corrected chi connectivity index (χ4v) is 3.25. The molecule has 1 aliphatic rings. The maximum Gasteiger partial charge on any atom is 0.300 e. The van der Waals surface area contributed by atoms with Crippen molar-refractivity contribution < 1.29 is 14.4 Å². The molecule has 1 saturated heterocycles. The summed E-state index contributed by atoms with van der Waals surface area (Å²) in [5.41, 5.74) is 0.867. The third-order valence-electron chi connectivity index (χ3n) is 3.64. The molecule has 1 aromatic heterocycles. The number of aromatic nitrogens is 1. The van der Waals surface area contributed by atoms with Gasteiger partial charge in [0.05, 0.1) is 0 Å². The molecule has 24 heavy (non-hydrogen) atoms. The summed E-state index contributed by atoms with van der Waals surface area (Å²) in [4.78, 5) is 20.2. The van der Waals surface area contributed by atoms with Crippen molar-refractivity contribution in [2.75, 3.05) is 6.54 Å². The van der Waals surface area contributed by atoms with Crippen LogP contribution in [0.4, 0.5) is 0 Å². The van der Waals surface area contributed by atoms with E-state index >= 15 is 0 Å². The fourth-order valence-electron chi connectivity index (χ4n) is 2.70. The summed E-state index contributed by atoms with van der Waals surface area (Å²) in [7, 11) is 0. The van der Waals surface area contributed by atoms with Crippen molar-refractivity contribution in [1.82, 2.24) is 10.5 Å². The van der Waals surface area contributed by atoms with Gasteiger partial charge in [0, 0.05) is 35.0 Å². The van der Waals surface area contributed by atoms with Crippen molar-refractivity contribution >= 4 is 29.2 Å². The molecular formula is C16H18Cl2N2O4. The molecule has 2 aromatic rings. The summed E-state index contributed by atoms with van der Waals surface area (Å²) >= 11 is 12.1. The zero-order chi connectivity index (χ0) is 17.7. The summed E-state index contributed by atoms with van der Waals surface area (Å²) in [6, 6.07) is 7.24. The van der Waals surface area contributed by atoms with Crippen LogP contribution in [0.5, 0.6) is 0 Å². The first-order valence-corrected chi connectivity index (χ1v) is 8.18. The molecule has 6 nitrogen and oxygen atoms in total. The van der Waals surface area contributed by atoms with Crippen LogP contribution in [0.1, 0.15) is 43.0 Å². The number of aliphatic carboxylic acids is 1. The molecule has 0 spiro atoms. The first kappa shape index (κ1) is 18.6. The Morgan fingerprint density at radius 3 is 2.42 bits per heavy atom. The second-order valence-corrected chi connectivity index (χ2v) is 6.44. The van der Waals surface area contributed by atoms with E-state index in [1.165, 1.54) is 6.07 Å². The highest BCUT2D eigenvalue weighted by Crippen LogP contribution is 2.35. The lowest BCUT2D eigenvalue weighted by Gasteiger charge is -2.29. The van der Waals surface area contributed by atoms with E-state index in [1.807, 2.05) is 12.1 Å². The lowest BCUT2D eigenvalue weighted by Crippen LogP contribution is -2.30. The maximum absolute atomic E-state index is 11.2. The van der Waals surface area contributed by atoms with Gasteiger partial charge in [-0.3, -0.25) is 9.59 Å². The highest BCUT2D eigenvalue weighted by molar-refractivity contribution is 6.34. The van der Waals surface area contributed by atoms with E-state index in [1.54, 1.807) is 6.07 Å². The lowest BCUT2D eigenvalue weighted by atomic mass is 9.87. The number of nitrogens with one attached hydrogen (secondary N) is 2. The predicted molar refractivity (Wildman–Crippen MR) is 91.8 cm³/mol. The molecule has 0 unspecified atom stereocenters. The van der Waals surface area contributed by atoms with E-state index in [-0.39, 0.29) is 17.5 Å². The van der Waals surface area contributed by atoms with Crippen molar-refractivity contribution in [3.8, 4) is 0 Å². The Balaban J connectivity index is 0.000000471. The van der Waals surface area contributed by atoms with E-state index in [4.69, 9.17) is 37.6 Å². The van der Waals surface area contributed by atoms with Gasteiger partial charge in [0.15, 0.2) is 0 Å². The highest BCUT2D eigenvalue weighted by Gasteiger charge is 2.26. The maximum atomic E-state index is 11.2. The van der Waals surface area contributed by atoms with Crippen LogP contribution < -0.4 is 10.9 Å². The topological polar surface area (TPSA) is 95.3 Å². The van der Waals surface area contributed by atoms with Crippen molar-refractivity contribution in [1.29, 1.82) is 0 Å². The molecule has 3 rings (SSSR count). The molecule has 2 heterocycles. The van der Waals surface area contributed by atoms with E-state index in [2.05, 4.69) is 10.5 Å². The molecular weight excluding hydrogens is 355 g/mol. The zero-order valence-electron chi connectivity index (χ0n) is 13.0. The SMILES string of the molecule is CC(=O)O.O=c1cc([C@@H]2CCN[C@@H](c3cc(Cl)cc(Cl)c3)C2)o[nH]1. The smallest absolute Gasteiger partial charge is 0.300 e. The number of rotatable bonds is 2. The molecule has 1 aromatic carbocycles. The van der Waals surface area contributed by atoms with Gasteiger partial charge in [0.25, 0.3) is 11.5 Å². The van der Waals surface area contributed by atoms with Gasteiger partial charge in [-0.15, -0.1) is 0 Å². The van der Waals surface area contributed by atoms with E-state index in [9.17, 15) is 4.79 Å². The van der Waals surface area contributed by atoms with Gasteiger partial charge >= 0.3 is 0 Å². The number of aromatic amines is 1. The average molecular weight is 373 g/mol. The van der Waals surface area contributed by atoms with Crippen LogP contribution in [0.3, 0.4) is 0 Å². The molecule has 2 atom stereocenters. The van der Waals surface area contributed by atoms with Crippen molar-refractivity contribution in [3.05, 3.63) is 56.0 Å². The van der Waals surface area contributed by atoms with E-state index < -0.39 is 5.97 Å². The van der Waals surface area contributed by atoms with Gasteiger partial charge in [0.2, 0.25) is 0 Å². The Kier molecular flexibility index (Phi) is 6.48. The van der Waals surface area contributed by atoms with Gasteiger partial charge in [0.1, 0.15) is 5.76 Å². The Labute approximate surface area is 148 Å². The third kappa shape index (κ3) is 5.40. The second-order valence-electron chi connectivity index (χ2n) is 5.56. The minimum atomic E-state index is -0.833. The van der Waals surface area contributed by atoms with Gasteiger partial charge in [-0.25, -0.2) is 0 Å². The molecule has 0 radical (unpaired) electrons. The molecule has 0 saturated carbocycles. The number of carbonyl (C=O) groups is 1. The van der Waals surface area contributed by atoms with E-state index in [0.29, 0.717) is 10.0 Å².